The van der Waals surface area contributed by atoms with Gasteiger partial charge in [0, 0.05) is 19.1 Å². The molecule has 1 aromatic rings. The highest BCUT2D eigenvalue weighted by Crippen LogP contribution is 2.19. The van der Waals surface area contributed by atoms with Gasteiger partial charge in [0.05, 0.1) is 6.61 Å². The van der Waals surface area contributed by atoms with E-state index in [9.17, 15) is 22.8 Å². The predicted octanol–water partition coefficient (Wildman–Crippen LogP) is 2.13. The van der Waals surface area contributed by atoms with Crippen molar-refractivity contribution in [3.8, 4) is 11.5 Å². The summed E-state index contributed by atoms with van der Waals surface area (Å²) in [6.07, 6.45) is -4.34. The van der Waals surface area contributed by atoms with Crippen molar-refractivity contribution >= 4 is 11.8 Å². The minimum absolute atomic E-state index is 0.159. The molecule has 6 nitrogen and oxygen atoms in total. The summed E-state index contributed by atoms with van der Waals surface area (Å²) in [5.74, 6) is -0.969. The molecule has 26 heavy (non-hydrogen) atoms. The fourth-order valence-corrected chi connectivity index (χ4v) is 2.58. The van der Waals surface area contributed by atoms with Gasteiger partial charge < -0.3 is 19.7 Å². The summed E-state index contributed by atoms with van der Waals surface area (Å²) in [6, 6.07) is 6.27. The van der Waals surface area contributed by atoms with Crippen LogP contribution >= 0.6 is 0 Å². The van der Waals surface area contributed by atoms with Crippen LogP contribution < -0.4 is 14.8 Å². The van der Waals surface area contributed by atoms with Gasteiger partial charge in [0.2, 0.25) is 0 Å². The summed E-state index contributed by atoms with van der Waals surface area (Å²) in [6.45, 7) is 2.81. The number of alkyl halides is 3. The van der Waals surface area contributed by atoms with Gasteiger partial charge in [-0.15, -0.1) is 0 Å². The van der Waals surface area contributed by atoms with Crippen LogP contribution in [0.15, 0.2) is 24.3 Å². The van der Waals surface area contributed by atoms with Crippen molar-refractivity contribution in [1.29, 1.82) is 0 Å². The van der Waals surface area contributed by atoms with Crippen LogP contribution in [0.4, 0.5) is 13.2 Å². The third-order valence-corrected chi connectivity index (χ3v) is 3.94. The van der Waals surface area contributed by atoms with Crippen LogP contribution in [-0.2, 0) is 9.59 Å². The number of hydrogen-bond acceptors (Lipinski definition) is 4. The third kappa shape index (κ3) is 5.82. The number of benzene rings is 1. The summed E-state index contributed by atoms with van der Waals surface area (Å²) in [4.78, 5) is 24.6. The number of piperidine rings is 1. The second kappa shape index (κ2) is 8.77. The Balaban J connectivity index is 1.73. The molecule has 0 aromatic heterocycles. The lowest BCUT2D eigenvalue weighted by Crippen LogP contribution is -2.50. The molecular formula is C17H21F3N2O4. The Hall–Kier alpha value is -2.45. The SMILES string of the molecule is CCOc1ccc(OCC(=O)N2CCC(NC(=O)C(F)(F)F)CC2)cc1. The maximum atomic E-state index is 12.2. The van der Waals surface area contributed by atoms with Crippen molar-refractivity contribution in [1.82, 2.24) is 10.2 Å². The summed E-state index contributed by atoms with van der Waals surface area (Å²) in [5.41, 5.74) is 0. The summed E-state index contributed by atoms with van der Waals surface area (Å²) >= 11 is 0. The first kappa shape index (κ1) is 19.9. The second-order valence-electron chi connectivity index (χ2n) is 5.82. The Bertz CT molecular complexity index is 611. The normalized spacial score (nSPS) is 15.5. The van der Waals surface area contributed by atoms with E-state index in [0.29, 0.717) is 18.1 Å². The van der Waals surface area contributed by atoms with Crippen molar-refractivity contribution < 1.29 is 32.2 Å². The number of nitrogens with one attached hydrogen (secondary N) is 1. The molecular weight excluding hydrogens is 353 g/mol. The van der Waals surface area contributed by atoms with Crippen LogP contribution in [0.1, 0.15) is 19.8 Å². The van der Waals surface area contributed by atoms with Gasteiger partial charge in [-0.25, -0.2) is 0 Å². The van der Waals surface area contributed by atoms with Gasteiger partial charge in [-0.3, -0.25) is 9.59 Å². The third-order valence-electron chi connectivity index (χ3n) is 3.94. The quantitative estimate of drug-likeness (QED) is 0.828. The molecule has 0 radical (unpaired) electrons. The lowest BCUT2D eigenvalue weighted by molar-refractivity contribution is -0.174. The average Bonchev–Trinajstić information content (AvgIpc) is 2.61. The fraction of sp³-hybridized carbons (Fsp3) is 0.529. The van der Waals surface area contributed by atoms with Gasteiger partial charge in [-0.05, 0) is 44.0 Å². The van der Waals surface area contributed by atoms with Gasteiger partial charge >= 0.3 is 12.1 Å². The second-order valence-corrected chi connectivity index (χ2v) is 5.82. The number of nitrogens with zero attached hydrogens (tertiary/aromatic N) is 1. The number of likely N-dealkylation sites (tertiary alicyclic amines) is 1. The molecule has 1 aromatic carbocycles. The van der Waals surface area contributed by atoms with Crippen LogP contribution in [0.5, 0.6) is 11.5 Å². The van der Waals surface area contributed by atoms with Gasteiger partial charge in [0.25, 0.3) is 5.91 Å². The molecule has 2 rings (SSSR count). The smallest absolute Gasteiger partial charge is 0.471 e. The average molecular weight is 374 g/mol. The van der Waals surface area contributed by atoms with E-state index in [1.54, 1.807) is 24.3 Å². The maximum Gasteiger partial charge on any atom is 0.471 e. The van der Waals surface area contributed by atoms with Crippen LogP contribution in [0.2, 0.25) is 0 Å². The Kier molecular flexibility index (Phi) is 6.70. The molecule has 1 aliphatic heterocycles. The predicted molar refractivity (Wildman–Crippen MR) is 86.9 cm³/mol. The topological polar surface area (TPSA) is 67.9 Å². The molecule has 1 saturated heterocycles. The van der Waals surface area contributed by atoms with Crippen LogP contribution in [-0.4, -0.2) is 55.2 Å². The van der Waals surface area contributed by atoms with E-state index in [1.165, 1.54) is 4.90 Å². The number of ether oxygens (including phenoxy) is 2. The van der Waals surface area contributed by atoms with Crippen LogP contribution in [0, 0.1) is 0 Å². The van der Waals surface area contributed by atoms with Crippen molar-refractivity contribution in [3.63, 3.8) is 0 Å². The van der Waals surface area contributed by atoms with E-state index in [2.05, 4.69) is 0 Å². The van der Waals surface area contributed by atoms with Gasteiger partial charge in [0.15, 0.2) is 6.61 Å². The highest BCUT2D eigenvalue weighted by atomic mass is 19.4. The van der Waals surface area contributed by atoms with E-state index in [0.717, 1.165) is 0 Å². The molecule has 1 aliphatic rings. The maximum absolute atomic E-state index is 12.2. The molecule has 1 N–H and O–H groups in total. The fourth-order valence-electron chi connectivity index (χ4n) is 2.58. The molecule has 1 heterocycles. The Morgan fingerprint density at radius 2 is 1.65 bits per heavy atom. The largest absolute Gasteiger partial charge is 0.494 e. The van der Waals surface area contributed by atoms with Gasteiger partial charge in [-0.2, -0.15) is 13.2 Å². The van der Waals surface area contributed by atoms with E-state index in [-0.39, 0.29) is 38.4 Å². The number of halogens is 3. The van der Waals surface area contributed by atoms with Crippen molar-refractivity contribution in [2.45, 2.75) is 32.0 Å². The lowest BCUT2D eigenvalue weighted by atomic mass is 10.0. The zero-order chi connectivity index (χ0) is 19.2. The Morgan fingerprint density at radius 1 is 1.12 bits per heavy atom. The minimum Gasteiger partial charge on any atom is -0.494 e. The molecule has 0 bridgehead atoms. The standard InChI is InChI=1S/C17H21F3N2O4/c1-2-25-13-3-5-14(6-4-13)26-11-15(23)22-9-7-12(8-10-22)21-16(24)17(18,19)20/h3-6,12H,2,7-11H2,1H3,(H,21,24). The Morgan fingerprint density at radius 3 is 2.15 bits per heavy atom. The number of hydrogen-bond donors (Lipinski definition) is 1. The van der Waals surface area contributed by atoms with E-state index in [1.807, 2.05) is 12.2 Å². The van der Waals surface area contributed by atoms with Crippen LogP contribution in [0.3, 0.4) is 0 Å². The van der Waals surface area contributed by atoms with Crippen molar-refractivity contribution in [3.05, 3.63) is 24.3 Å². The highest BCUT2D eigenvalue weighted by Gasteiger charge is 2.40. The Labute approximate surface area is 149 Å². The number of carbonyl (C=O) groups excluding carboxylic acids is 2. The zero-order valence-electron chi connectivity index (χ0n) is 14.3. The van der Waals surface area contributed by atoms with E-state index < -0.39 is 18.1 Å². The first-order valence-electron chi connectivity index (χ1n) is 8.30. The first-order chi connectivity index (χ1) is 12.3. The summed E-state index contributed by atoms with van der Waals surface area (Å²) in [5, 5.41) is 1.95. The molecule has 144 valence electrons. The molecule has 0 unspecified atom stereocenters. The van der Waals surface area contributed by atoms with Crippen molar-refractivity contribution in [2.75, 3.05) is 26.3 Å². The number of rotatable bonds is 6. The summed E-state index contributed by atoms with van der Waals surface area (Å²) < 4.78 is 47.4. The van der Waals surface area contributed by atoms with Crippen molar-refractivity contribution in [2.24, 2.45) is 0 Å². The monoisotopic (exact) mass is 374 g/mol. The molecule has 0 atom stereocenters. The molecule has 0 spiro atoms. The van der Waals surface area contributed by atoms with Gasteiger partial charge in [0.1, 0.15) is 11.5 Å². The van der Waals surface area contributed by atoms with Crippen LogP contribution in [0.25, 0.3) is 0 Å². The number of amides is 2. The molecule has 2 amide bonds. The van der Waals surface area contributed by atoms with E-state index >= 15 is 0 Å². The molecule has 0 aliphatic carbocycles. The molecule has 9 heteroatoms. The summed E-state index contributed by atoms with van der Waals surface area (Å²) in [7, 11) is 0. The van der Waals surface area contributed by atoms with Gasteiger partial charge in [-0.1, -0.05) is 0 Å². The zero-order valence-corrected chi connectivity index (χ0v) is 14.3. The first-order valence-corrected chi connectivity index (χ1v) is 8.30. The lowest BCUT2D eigenvalue weighted by Gasteiger charge is -2.32. The van der Waals surface area contributed by atoms with E-state index in [4.69, 9.17) is 9.47 Å². The minimum atomic E-state index is -4.89. The number of carbonyl (C=O) groups is 2. The highest BCUT2D eigenvalue weighted by molar-refractivity contribution is 5.82. The molecule has 0 saturated carbocycles. The molecule has 1 fully saturated rings.